The first-order chi connectivity index (χ1) is 39.5. The summed E-state index contributed by atoms with van der Waals surface area (Å²) in [5.41, 5.74) is 4.04. The molecule has 6 atom stereocenters. The molecule has 0 bridgehead atoms. The number of likely N-dealkylation sites (tertiary alicyclic amines) is 3. The van der Waals surface area contributed by atoms with Gasteiger partial charge in [0, 0.05) is 74.0 Å². The monoisotopic (exact) mass is 1170 g/mol. The van der Waals surface area contributed by atoms with Gasteiger partial charge >= 0.3 is 0 Å². The molecule has 3 saturated heterocycles. The molecule has 0 radical (unpaired) electrons. The van der Waals surface area contributed by atoms with Crippen molar-refractivity contribution in [2.75, 3.05) is 125 Å². The number of halogens is 1. The fourth-order valence-corrected chi connectivity index (χ4v) is 16.5. The van der Waals surface area contributed by atoms with Crippen molar-refractivity contribution in [2.24, 2.45) is 41.4 Å². The SMILES string of the molecule is C=C(/C(C#N)=C/C1CSC2=C(CCC2)CC1C)N1CCCC1C1CCN(CC(=O)NCCOCCOCCOCCOCCOCCNC(=C=O)C2CCC(C3CCC4C(CCCN4C(C)=O)C3)CC2)CC1.CNC1CCC(Cl)CC1. The first kappa shape index (κ1) is 65.6. The molecule has 4 aliphatic carbocycles. The third-order valence-electron chi connectivity index (χ3n) is 19.4. The Labute approximate surface area is 497 Å². The summed E-state index contributed by atoms with van der Waals surface area (Å²) in [5, 5.41) is 20.3. The molecule has 8 rings (SSSR count). The van der Waals surface area contributed by atoms with Gasteiger partial charge in [-0.15, -0.1) is 23.4 Å². The second-order valence-corrected chi connectivity index (χ2v) is 26.4. The lowest BCUT2D eigenvalue weighted by atomic mass is 9.65. The number of ether oxygens (including phenoxy) is 5. The Morgan fingerprint density at radius 3 is 1.94 bits per heavy atom. The number of nitrogens with zero attached hydrogens (tertiary/aromatic N) is 4. The van der Waals surface area contributed by atoms with E-state index < -0.39 is 0 Å². The standard InChI is InChI=1S/C57H90N6O8S.C7H14ClN/c1-42-35-50-7-4-10-56(50)72-41-52(42)37-51(38-58)43(2)62-21-6-9-54(62)47-17-23-61(24-18-47)39-57(66)60-20-26-68-28-30-70-32-34-71-33-31-69-29-27-67-25-19-59-53(40-64)46-13-11-45(12-14-46)48-15-16-55-49(36-48)8-5-22-63(55)44(3)65;1-9-7-4-2-6(8)3-5-7/h37,42,45-49,52,54-55,59H,2,4-36,39,41H2,1,3H3,(H,60,66);6-7,9H,2-5H2,1H3/b51-37+;. The van der Waals surface area contributed by atoms with Gasteiger partial charge in [0.25, 0.3) is 0 Å². The number of nitrogens with one attached hydrogen (secondary N) is 3. The minimum Gasteiger partial charge on any atom is -0.377 e. The van der Waals surface area contributed by atoms with Gasteiger partial charge in [-0.1, -0.05) is 25.2 Å². The van der Waals surface area contributed by atoms with Crippen molar-refractivity contribution in [2.45, 2.75) is 172 Å². The summed E-state index contributed by atoms with van der Waals surface area (Å²) in [6, 6.07) is 4.15. The molecular formula is C64H104ClN7O8S. The molecule has 6 unspecified atom stereocenters. The van der Waals surface area contributed by atoms with Gasteiger partial charge in [-0.05, 0) is 195 Å². The molecule has 8 aliphatic rings. The van der Waals surface area contributed by atoms with Crippen LogP contribution in [0.5, 0.6) is 0 Å². The number of rotatable bonds is 28. The number of hydrogen-bond donors (Lipinski definition) is 3. The third kappa shape index (κ3) is 21.2. The Morgan fingerprint density at radius 2 is 1.31 bits per heavy atom. The van der Waals surface area contributed by atoms with Crippen LogP contribution in [0.4, 0.5) is 0 Å². The van der Waals surface area contributed by atoms with Gasteiger partial charge < -0.3 is 49.4 Å². The number of amides is 2. The van der Waals surface area contributed by atoms with Gasteiger partial charge in [0.15, 0.2) is 0 Å². The van der Waals surface area contributed by atoms with Crippen LogP contribution in [-0.2, 0) is 38.1 Å². The number of alkyl halides is 1. The normalized spacial score (nSPS) is 29.3. The quantitative estimate of drug-likeness (QED) is 0.0223. The predicted molar refractivity (Wildman–Crippen MR) is 324 cm³/mol. The van der Waals surface area contributed by atoms with Crippen molar-refractivity contribution in [1.29, 1.82) is 5.26 Å². The van der Waals surface area contributed by atoms with E-state index in [4.69, 9.17) is 35.3 Å². The van der Waals surface area contributed by atoms with Crippen molar-refractivity contribution in [3.05, 3.63) is 40.1 Å². The summed E-state index contributed by atoms with van der Waals surface area (Å²) in [4.78, 5) is 45.2. The van der Waals surface area contributed by atoms with E-state index in [1.165, 1.54) is 77.0 Å². The number of fused-ring (bicyclic) bond motifs is 1. The highest BCUT2D eigenvalue weighted by atomic mass is 35.5. The maximum Gasteiger partial charge on any atom is 0.234 e. The molecule has 4 aliphatic heterocycles. The summed E-state index contributed by atoms with van der Waals surface area (Å²) in [6.07, 6.45) is 26.9. The molecule has 3 saturated carbocycles. The minimum atomic E-state index is 0.0313. The largest absolute Gasteiger partial charge is 0.377 e. The van der Waals surface area contributed by atoms with Gasteiger partial charge in [-0.2, -0.15) is 5.26 Å². The van der Waals surface area contributed by atoms with Crippen molar-refractivity contribution < 1.29 is 38.1 Å². The Morgan fingerprint density at radius 1 is 0.704 bits per heavy atom. The molecule has 15 nitrogen and oxygen atoms in total. The number of allylic oxidation sites excluding steroid dienone is 5. The van der Waals surface area contributed by atoms with Gasteiger partial charge in [-0.25, -0.2) is 4.79 Å². The second-order valence-electron chi connectivity index (χ2n) is 24.7. The van der Waals surface area contributed by atoms with Crippen molar-refractivity contribution in [3.8, 4) is 6.07 Å². The van der Waals surface area contributed by atoms with Crippen LogP contribution in [0.3, 0.4) is 0 Å². The molecule has 81 heavy (non-hydrogen) atoms. The number of piperidine rings is 2. The Kier molecular flexibility index (Phi) is 29.3. The highest BCUT2D eigenvalue weighted by Crippen LogP contribution is 2.47. The van der Waals surface area contributed by atoms with E-state index in [-0.39, 0.29) is 17.7 Å². The average Bonchev–Trinajstić information content (AvgIpc) is 4.33. The Balaban J connectivity index is 0.000000956. The van der Waals surface area contributed by atoms with E-state index in [1.54, 1.807) is 17.4 Å². The summed E-state index contributed by atoms with van der Waals surface area (Å²) >= 11 is 7.94. The first-order valence-electron chi connectivity index (χ1n) is 31.9. The highest BCUT2D eigenvalue weighted by Gasteiger charge is 2.41. The number of nitriles is 1. The van der Waals surface area contributed by atoms with Gasteiger partial charge in [0.1, 0.15) is 12.0 Å². The molecule has 4 heterocycles. The lowest BCUT2D eigenvalue weighted by Gasteiger charge is -2.48. The summed E-state index contributed by atoms with van der Waals surface area (Å²) in [7, 11) is 2.03. The predicted octanol–water partition coefficient (Wildman–Crippen LogP) is 9.45. The molecule has 17 heteroatoms. The van der Waals surface area contributed by atoms with Crippen LogP contribution >= 0.6 is 23.4 Å². The Bertz CT molecular complexity index is 2080. The van der Waals surface area contributed by atoms with Crippen LogP contribution in [0.2, 0.25) is 0 Å². The van der Waals surface area contributed by atoms with Crippen LogP contribution < -0.4 is 16.0 Å². The molecule has 456 valence electrons. The topological polar surface area (TPSA) is 167 Å². The second kappa shape index (κ2) is 36.1. The maximum absolute atomic E-state index is 12.7. The molecule has 3 N–H and O–H groups in total. The van der Waals surface area contributed by atoms with Crippen LogP contribution in [0.15, 0.2) is 40.1 Å². The van der Waals surface area contributed by atoms with Gasteiger partial charge in [0.2, 0.25) is 11.8 Å². The number of hydrogen-bond acceptors (Lipinski definition) is 14. The Hall–Kier alpha value is -2.94. The van der Waals surface area contributed by atoms with Gasteiger partial charge in [-0.3, -0.25) is 14.5 Å². The average molecular weight is 1170 g/mol. The van der Waals surface area contributed by atoms with Crippen LogP contribution in [0.1, 0.15) is 149 Å². The zero-order valence-corrected chi connectivity index (χ0v) is 51.6. The lowest BCUT2D eigenvalue weighted by Crippen LogP contribution is -2.50. The molecule has 0 aromatic heterocycles. The van der Waals surface area contributed by atoms with Crippen molar-refractivity contribution >= 4 is 41.1 Å². The molecule has 6 fully saturated rings. The smallest absolute Gasteiger partial charge is 0.234 e. The first-order valence-corrected chi connectivity index (χ1v) is 33.3. The maximum atomic E-state index is 12.7. The number of carbonyl (C=O) groups excluding carboxylic acids is 3. The molecule has 0 aromatic carbocycles. The van der Waals surface area contributed by atoms with E-state index in [0.717, 1.165) is 119 Å². The summed E-state index contributed by atoms with van der Waals surface area (Å²) in [6.45, 7) is 18.5. The van der Waals surface area contributed by atoms with Crippen LogP contribution in [-0.4, -0.2) is 181 Å². The summed E-state index contributed by atoms with van der Waals surface area (Å²) in [5.74, 6) is 7.42. The fraction of sp³-hybridized carbons (Fsp3) is 0.828. The molecule has 0 spiro atoms. The highest BCUT2D eigenvalue weighted by molar-refractivity contribution is 8.03. The van der Waals surface area contributed by atoms with Crippen molar-refractivity contribution in [3.63, 3.8) is 0 Å². The minimum absolute atomic E-state index is 0.0313. The number of carbonyl (C=O) groups is 2. The van der Waals surface area contributed by atoms with Gasteiger partial charge in [0.05, 0.1) is 83.9 Å². The van der Waals surface area contributed by atoms with E-state index >= 15 is 0 Å². The molecule has 2 amide bonds. The van der Waals surface area contributed by atoms with E-state index in [1.807, 2.05) is 18.8 Å². The molecule has 0 aromatic rings. The molecular weight excluding hydrogens is 1060 g/mol. The number of thioether (sulfide) groups is 1. The summed E-state index contributed by atoms with van der Waals surface area (Å²) < 4.78 is 28.3. The van der Waals surface area contributed by atoms with E-state index in [9.17, 15) is 19.6 Å². The van der Waals surface area contributed by atoms with Crippen LogP contribution in [0, 0.1) is 52.8 Å². The third-order valence-corrected chi connectivity index (χ3v) is 21.3. The van der Waals surface area contributed by atoms with E-state index in [2.05, 4.69) is 62.2 Å². The zero-order valence-electron chi connectivity index (χ0n) is 50.1. The van der Waals surface area contributed by atoms with Crippen LogP contribution in [0.25, 0.3) is 0 Å². The van der Waals surface area contributed by atoms with E-state index in [0.29, 0.717) is 133 Å². The fourth-order valence-electron chi connectivity index (χ4n) is 14.7. The lowest BCUT2D eigenvalue weighted by molar-refractivity contribution is -0.136. The van der Waals surface area contributed by atoms with Crippen molar-refractivity contribution in [1.82, 2.24) is 30.7 Å². The zero-order chi connectivity index (χ0) is 57.2.